The summed E-state index contributed by atoms with van der Waals surface area (Å²) >= 11 is 0. The van der Waals surface area contributed by atoms with Crippen molar-refractivity contribution in [3.8, 4) is 0 Å². The van der Waals surface area contributed by atoms with Gasteiger partial charge < -0.3 is 19.2 Å². The van der Waals surface area contributed by atoms with Gasteiger partial charge in [0.2, 0.25) is 0 Å². The van der Waals surface area contributed by atoms with Crippen LogP contribution in [0, 0.1) is 5.92 Å². The molecule has 15 heavy (non-hydrogen) atoms. The molecule has 1 heterocycles. The first-order chi connectivity index (χ1) is 7.26. The van der Waals surface area contributed by atoms with Crippen LogP contribution in [0.1, 0.15) is 19.3 Å². The normalized spacial score (nSPS) is 25.0. The zero-order chi connectivity index (χ0) is 11.1. The van der Waals surface area contributed by atoms with E-state index in [0.717, 1.165) is 12.8 Å². The number of rotatable bonds is 7. The highest BCUT2D eigenvalue weighted by Gasteiger charge is 2.18. The van der Waals surface area contributed by atoms with Gasteiger partial charge in [-0.3, -0.25) is 0 Å². The fourth-order valence-corrected chi connectivity index (χ4v) is 1.59. The zero-order valence-corrected chi connectivity index (χ0v) is 8.80. The lowest BCUT2D eigenvalue weighted by atomic mass is 9.97. The molecule has 0 aromatic rings. The Bertz CT molecular complexity index is 182. The van der Waals surface area contributed by atoms with E-state index in [1.165, 1.54) is 0 Å². The molecule has 1 saturated heterocycles. The Labute approximate surface area is 91.6 Å². The first-order valence-corrected chi connectivity index (χ1v) is 5.11. The molecule has 5 heteroatoms. The smallest absolute Gasteiger partial charge is 0.286 e. The van der Waals surface area contributed by atoms with Crippen LogP contribution in [0.5, 0.6) is 0 Å². The molecule has 84 valence electrons. The first-order valence-electron chi connectivity index (χ1n) is 5.11. The molecule has 1 N–H and O–H groups in total. The van der Waals surface area contributed by atoms with E-state index in [1.54, 1.807) is 6.08 Å². The molecule has 2 radical (unpaired) electrons. The van der Waals surface area contributed by atoms with Crippen molar-refractivity contribution in [2.45, 2.75) is 31.7 Å². The van der Waals surface area contributed by atoms with Crippen LogP contribution in [0.2, 0.25) is 0 Å². The Morgan fingerprint density at radius 2 is 2.47 bits per heavy atom. The van der Waals surface area contributed by atoms with Gasteiger partial charge in [-0.2, -0.15) is 0 Å². The highest BCUT2D eigenvalue weighted by molar-refractivity contribution is 5.98. The lowest BCUT2D eigenvalue weighted by Crippen LogP contribution is -2.17. The molecule has 1 aliphatic rings. The van der Waals surface area contributed by atoms with Crippen molar-refractivity contribution in [2.24, 2.45) is 5.92 Å². The molecule has 1 fully saturated rings. The molecule has 0 amide bonds. The maximum atomic E-state index is 9.20. The molecule has 3 unspecified atom stereocenters. The van der Waals surface area contributed by atoms with Crippen molar-refractivity contribution >= 4 is 8.05 Å². The van der Waals surface area contributed by atoms with Gasteiger partial charge in [0.15, 0.2) is 0 Å². The molecule has 3 atom stereocenters. The second-order valence-electron chi connectivity index (χ2n) is 3.68. The van der Waals surface area contributed by atoms with E-state index < -0.39 is 6.29 Å². The molecular formula is C10H17BO4. The summed E-state index contributed by atoms with van der Waals surface area (Å²) in [5.74, 6) is 0.188. The summed E-state index contributed by atoms with van der Waals surface area (Å²) in [5.41, 5.74) is 0. The molecule has 0 aliphatic carbocycles. The van der Waals surface area contributed by atoms with Gasteiger partial charge in [0.25, 0.3) is 8.05 Å². The summed E-state index contributed by atoms with van der Waals surface area (Å²) in [6, 6.07) is 0. The Morgan fingerprint density at radius 1 is 1.67 bits per heavy atom. The summed E-state index contributed by atoms with van der Waals surface area (Å²) in [6.45, 7) is 4.75. The van der Waals surface area contributed by atoms with Crippen molar-refractivity contribution in [3.63, 3.8) is 0 Å². The Kier molecular flexibility index (Phi) is 5.94. The van der Waals surface area contributed by atoms with E-state index in [1.807, 2.05) is 0 Å². The lowest BCUT2D eigenvalue weighted by molar-refractivity contribution is -0.0269. The van der Waals surface area contributed by atoms with Crippen LogP contribution in [-0.4, -0.2) is 38.9 Å². The van der Waals surface area contributed by atoms with Crippen molar-refractivity contribution < 1.29 is 19.2 Å². The summed E-state index contributed by atoms with van der Waals surface area (Å²) < 4.78 is 14.7. The zero-order valence-electron chi connectivity index (χ0n) is 8.80. The fraction of sp³-hybridized carbons (Fsp3) is 0.800. The molecule has 0 saturated carbocycles. The average Bonchev–Trinajstić information content (AvgIpc) is 2.76. The van der Waals surface area contributed by atoms with Gasteiger partial charge in [0.05, 0.1) is 12.7 Å². The molecule has 1 aliphatic heterocycles. The number of aliphatic hydroxyl groups excluding tert-OH is 1. The van der Waals surface area contributed by atoms with Crippen LogP contribution in [0.3, 0.4) is 0 Å². The molecule has 0 aromatic carbocycles. The van der Waals surface area contributed by atoms with E-state index in [0.29, 0.717) is 19.8 Å². The summed E-state index contributed by atoms with van der Waals surface area (Å²) in [4.78, 5) is 0. The number of hydrogen-bond donors (Lipinski definition) is 1. The standard InChI is InChI=1S/C10H17BO4/c1-2-8(5-10(12)15-11)3-4-9-6-13-7-14-9/h2,8-10,12H,1,3-7H2. The minimum Gasteiger partial charge on any atom is -0.425 e. The topological polar surface area (TPSA) is 47.9 Å². The number of hydrogen-bond acceptors (Lipinski definition) is 4. The quantitative estimate of drug-likeness (QED) is 0.384. The van der Waals surface area contributed by atoms with Crippen LogP contribution in [0.4, 0.5) is 0 Å². The van der Waals surface area contributed by atoms with Crippen molar-refractivity contribution in [2.75, 3.05) is 13.4 Å². The van der Waals surface area contributed by atoms with Gasteiger partial charge >= 0.3 is 0 Å². The van der Waals surface area contributed by atoms with Crippen molar-refractivity contribution in [3.05, 3.63) is 12.7 Å². The molecule has 1 rings (SSSR count). The predicted octanol–water partition coefficient (Wildman–Crippen LogP) is 0.750. The average molecular weight is 212 g/mol. The van der Waals surface area contributed by atoms with E-state index in [2.05, 4.69) is 11.2 Å². The van der Waals surface area contributed by atoms with E-state index in [-0.39, 0.29) is 12.0 Å². The van der Waals surface area contributed by atoms with E-state index >= 15 is 0 Å². The Balaban J connectivity index is 2.17. The van der Waals surface area contributed by atoms with E-state index in [9.17, 15) is 5.11 Å². The second kappa shape index (κ2) is 7.01. The fourth-order valence-electron chi connectivity index (χ4n) is 1.59. The third kappa shape index (κ3) is 4.79. The van der Waals surface area contributed by atoms with Gasteiger partial charge in [-0.05, 0) is 18.8 Å². The SMILES string of the molecule is [B]OC(O)CC(C=C)CCC1COCO1. The number of allylic oxidation sites excluding steroid dienone is 1. The first kappa shape index (κ1) is 12.7. The van der Waals surface area contributed by atoms with Crippen LogP contribution >= 0.6 is 0 Å². The molecular weight excluding hydrogens is 195 g/mol. The van der Waals surface area contributed by atoms with E-state index in [4.69, 9.17) is 17.5 Å². The lowest BCUT2D eigenvalue weighted by Gasteiger charge is -2.17. The third-order valence-corrected chi connectivity index (χ3v) is 2.55. The van der Waals surface area contributed by atoms with Crippen molar-refractivity contribution in [1.82, 2.24) is 0 Å². The second-order valence-corrected chi connectivity index (χ2v) is 3.68. The molecule has 0 bridgehead atoms. The van der Waals surface area contributed by atoms with Gasteiger partial charge in [0, 0.05) is 6.42 Å². The Morgan fingerprint density at radius 3 is 3.00 bits per heavy atom. The highest BCUT2D eigenvalue weighted by Crippen LogP contribution is 2.19. The minimum absolute atomic E-state index is 0.170. The summed E-state index contributed by atoms with van der Waals surface area (Å²) in [5, 5.41) is 9.20. The minimum atomic E-state index is -0.922. The van der Waals surface area contributed by atoms with Crippen molar-refractivity contribution in [1.29, 1.82) is 0 Å². The van der Waals surface area contributed by atoms with Gasteiger partial charge in [-0.15, -0.1) is 6.58 Å². The van der Waals surface area contributed by atoms with Crippen LogP contribution in [0.25, 0.3) is 0 Å². The predicted molar refractivity (Wildman–Crippen MR) is 56.1 cm³/mol. The highest BCUT2D eigenvalue weighted by atomic mass is 16.7. The number of ether oxygens (including phenoxy) is 2. The van der Waals surface area contributed by atoms with Crippen LogP contribution in [-0.2, 0) is 14.1 Å². The van der Waals surface area contributed by atoms with Gasteiger partial charge in [-0.1, -0.05) is 6.08 Å². The third-order valence-electron chi connectivity index (χ3n) is 2.55. The summed E-state index contributed by atoms with van der Waals surface area (Å²) in [7, 11) is 4.86. The summed E-state index contributed by atoms with van der Waals surface area (Å²) in [6.07, 6.45) is 3.30. The molecule has 0 aromatic heterocycles. The van der Waals surface area contributed by atoms with Gasteiger partial charge in [-0.25, -0.2) is 0 Å². The van der Waals surface area contributed by atoms with Crippen LogP contribution < -0.4 is 0 Å². The van der Waals surface area contributed by atoms with Crippen LogP contribution in [0.15, 0.2) is 12.7 Å². The maximum absolute atomic E-state index is 9.20. The van der Waals surface area contributed by atoms with Gasteiger partial charge in [0.1, 0.15) is 13.1 Å². The monoisotopic (exact) mass is 212 g/mol. The Hall–Kier alpha value is -0.355. The number of aliphatic hydroxyl groups is 1. The maximum Gasteiger partial charge on any atom is 0.286 e. The largest absolute Gasteiger partial charge is 0.425 e. The molecule has 4 nitrogen and oxygen atoms in total. The molecule has 0 spiro atoms.